The summed E-state index contributed by atoms with van der Waals surface area (Å²) in [4.78, 5) is 38.0. The van der Waals surface area contributed by atoms with Crippen LogP contribution in [-0.4, -0.2) is 61.5 Å². The quantitative estimate of drug-likeness (QED) is 0.534. The number of carbonyl (C=O) groups excluding carboxylic acids is 3. The van der Waals surface area contributed by atoms with Gasteiger partial charge in [-0.2, -0.15) is 0 Å². The highest BCUT2D eigenvalue weighted by Gasteiger charge is 2.37. The van der Waals surface area contributed by atoms with Gasteiger partial charge in [-0.05, 0) is 30.4 Å². The Bertz CT molecular complexity index is 681. The maximum absolute atomic E-state index is 12.4. The van der Waals surface area contributed by atoms with Crippen LogP contribution in [0.3, 0.4) is 0 Å². The maximum Gasteiger partial charge on any atom is 0.305 e. The number of amides is 2. The molecular formula is C20H27N3O4. The van der Waals surface area contributed by atoms with Crippen LogP contribution in [0.2, 0.25) is 0 Å². The van der Waals surface area contributed by atoms with Gasteiger partial charge in [0.1, 0.15) is 0 Å². The lowest BCUT2D eigenvalue weighted by molar-refractivity contribution is -0.140. The zero-order chi connectivity index (χ0) is 19.2. The predicted octanol–water partition coefficient (Wildman–Crippen LogP) is 0.414. The normalized spacial score (nSPS) is 20.0. The molecule has 1 aliphatic heterocycles. The minimum absolute atomic E-state index is 0.0816. The third-order valence-corrected chi connectivity index (χ3v) is 5.36. The Labute approximate surface area is 159 Å². The molecule has 7 heteroatoms. The molecule has 1 aromatic carbocycles. The van der Waals surface area contributed by atoms with Crippen LogP contribution >= 0.6 is 0 Å². The molecule has 0 radical (unpaired) electrons. The van der Waals surface area contributed by atoms with Gasteiger partial charge in [0.15, 0.2) is 0 Å². The average Bonchev–Trinajstić information content (AvgIpc) is 3.10. The summed E-state index contributed by atoms with van der Waals surface area (Å²) in [7, 11) is 1.35. The van der Waals surface area contributed by atoms with Gasteiger partial charge in [0.25, 0.3) is 0 Å². The number of ether oxygens (including phenoxy) is 1. The van der Waals surface area contributed by atoms with Crippen LogP contribution in [0.5, 0.6) is 0 Å². The van der Waals surface area contributed by atoms with Gasteiger partial charge in [0.2, 0.25) is 11.8 Å². The number of carbonyl (C=O) groups is 3. The summed E-state index contributed by atoms with van der Waals surface area (Å²) < 4.78 is 4.58. The highest BCUT2D eigenvalue weighted by Crippen LogP contribution is 2.28. The van der Waals surface area contributed by atoms with Crippen LogP contribution in [0.25, 0.3) is 0 Å². The van der Waals surface area contributed by atoms with Gasteiger partial charge < -0.3 is 15.4 Å². The molecule has 3 rings (SSSR count). The van der Waals surface area contributed by atoms with E-state index in [1.165, 1.54) is 18.2 Å². The van der Waals surface area contributed by atoms with Crippen molar-refractivity contribution in [2.24, 2.45) is 0 Å². The lowest BCUT2D eigenvalue weighted by atomic mass is 10.0. The Kier molecular flexibility index (Phi) is 6.45. The van der Waals surface area contributed by atoms with Crippen molar-refractivity contribution in [3.63, 3.8) is 0 Å². The van der Waals surface area contributed by atoms with Crippen LogP contribution in [0, 0.1) is 0 Å². The Morgan fingerprint density at radius 2 is 1.96 bits per heavy atom. The van der Waals surface area contributed by atoms with E-state index in [1.807, 2.05) is 12.1 Å². The van der Waals surface area contributed by atoms with Gasteiger partial charge in [0, 0.05) is 32.1 Å². The van der Waals surface area contributed by atoms with Crippen molar-refractivity contribution in [2.75, 3.05) is 26.7 Å². The number of benzene rings is 1. The number of nitrogens with zero attached hydrogens (tertiary/aromatic N) is 1. The van der Waals surface area contributed by atoms with E-state index in [2.05, 4.69) is 32.4 Å². The highest BCUT2D eigenvalue weighted by molar-refractivity contribution is 5.88. The number of piperazine rings is 1. The van der Waals surface area contributed by atoms with E-state index in [4.69, 9.17) is 0 Å². The van der Waals surface area contributed by atoms with Gasteiger partial charge in [0.05, 0.1) is 19.6 Å². The predicted molar refractivity (Wildman–Crippen MR) is 100 cm³/mol. The van der Waals surface area contributed by atoms with Crippen molar-refractivity contribution in [1.29, 1.82) is 0 Å². The molecule has 1 atom stereocenters. The number of nitrogens with one attached hydrogen (secondary N) is 2. The molecule has 1 fully saturated rings. The molecule has 0 aromatic heterocycles. The Hall–Kier alpha value is -2.41. The fourth-order valence-corrected chi connectivity index (χ4v) is 3.96. The van der Waals surface area contributed by atoms with Gasteiger partial charge in [-0.25, -0.2) is 0 Å². The molecule has 2 N–H and O–H groups in total. The zero-order valence-electron chi connectivity index (χ0n) is 15.7. The number of hydrogen-bond donors (Lipinski definition) is 2. The SMILES string of the molecule is COC(=O)CCCNC(=O)C[C@H]1C(=O)NCCN1C1Cc2ccccc2C1. The van der Waals surface area contributed by atoms with Crippen molar-refractivity contribution >= 4 is 17.8 Å². The van der Waals surface area contributed by atoms with Crippen LogP contribution < -0.4 is 10.6 Å². The maximum atomic E-state index is 12.4. The summed E-state index contributed by atoms with van der Waals surface area (Å²) in [6.07, 6.45) is 2.77. The van der Waals surface area contributed by atoms with Crippen LogP contribution in [-0.2, 0) is 32.0 Å². The summed E-state index contributed by atoms with van der Waals surface area (Å²) in [5, 5.41) is 5.68. The zero-order valence-corrected chi connectivity index (χ0v) is 15.7. The van der Waals surface area contributed by atoms with E-state index in [0.29, 0.717) is 19.5 Å². The summed E-state index contributed by atoms with van der Waals surface area (Å²) in [5.74, 6) is -0.535. The molecule has 7 nitrogen and oxygen atoms in total. The molecule has 2 amide bonds. The van der Waals surface area contributed by atoms with E-state index in [1.54, 1.807) is 0 Å². The summed E-state index contributed by atoms with van der Waals surface area (Å²) in [5.41, 5.74) is 2.67. The molecule has 0 unspecified atom stereocenters. The van der Waals surface area contributed by atoms with Crippen molar-refractivity contribution in [1.82, 2.24) is 15.5 Å². The molecule has 27 heavy (non-hydrogen) atoms. The second-order valence-corrected chi connectivity index (χ2v) is 7.11. The second-order valence-electron chi connectivity index (χ2n) is 7.11. The topological polar surface area (TPSA) is 87.7 Å². The van der Waals surface area contributed by atoms with Crippen LogP contribution in [0.4, 0.5) is 0 Å². The number of hydrogen-bond acceptors (Lipinski definition) is 5. The average molecular weight is 373 g/mol. The number of rotatable bonds is 7. The summed E-state index contributed by atoms with van der Waals surface area (Å²) >= 11 is 0. The third kappa shape index (κ3) is 4.86. The van der Waals surface area contributed by atoms with E-state index in [-0.39, 0.29) is 36.7 Å². The minimum Gasteiger partial charge on any atom is -0.469 e. The number of methoxy groups -OCH3 is 1. The third-order valence-electron chi connectivity index (χ3n) is 5.36. The standard InChI is InChI=1S/C20H27N3O4/c1-27-19(25)7-4-8-21-18(24)13-17-20(26)22-9-10-23(17)16-11-14-5-2-3-6-15(14)12-16/h2-3,5-6,16-17H,4,7-13H2,1H3,(H,21,24)(H,22,26)/t17-/m0/s1. The highest BCUT2D eigenvalue weighted by atomic mass is 16.5. The molecule has 1 aliphatic carbocycles. The van der Waals surface area contributed by atoms with Crippen LogP contribution in [0.15, 0.2) is 24.3 Å². The second kappa shape index (κ2) is 8.99. The van der Waals surface area contributed by atoms with Crippen LogP contribution in [0.1, 0.15) is 30.4 Å². The molecule has 0 bridgehead atoms. The fraction of sp³-hybridized carbons (Fsp3) is 0.550. The fourth-order valence-electron chi connectivity index (χ4n) is 3.96. The van der Waals surface area contributed by atoms with Gasteiger partial charge in [-0.15, -0.1) is 0 Å². The first-order valence-corrected chi connectivity index (χ1v) is 9.52. The number of fused-ring (bicyclic) bond motifs is 1. The van der Waals surface area contributed by atoms with Crippen molar-refractivity contribution < 1.29 is 19.1 Å². The molecule has 1 saturated heterocycles. The Morgan fingerprint density at radius 1 is 1.26 bits per heavy atom. The molecule has 1 heterocycles. The Balaban J connectivity index is 1.54. The molecule has 2 aliphatic rings. The van der Waals surface area contributed by atoms with Gasteiger partial charge in [-0.1, -0.05) is 24.3 Å². The number of esters is 1. The first-order valence-electron chi connectivity index (χ1n) is 9.52. The summed E-state index contributed by atoms with van der Waals surface area (Å²) in [6, 6.07) is 8.18. The van der Waals surface area contributed by atoms with Crippen molar-refractivity contribution in [2.45, 2.75) is 44.2 Å². The van der Waals surface area contributed by atoms with Crippen molar-refractivity contribution in [3.05, 3.63) is 35.4 Å². The smallest absolute Gasteiger partial charge is 0.305 e. The lowest BCUT2D eigenvalue weighted by Crippen LogP contribution is -2.59. The minimum atomic E-state index is -0.446. The monoisotopic (exact) mass is 373 g/mol. The summed E-state index contributed by atoms with van der Waals surface area (Å²) in [6.45, 7) is 1.77. The van der Waals surface area contributed by atoms with Gasteiger partial charge >= 0.3 is 5.97 Å². The van der Waals surface area contributed by atoms with E-state index in [0.717, 1.165) is 19.4 Å². The lowest BCUT2D eigenvalue weighted by Gasteiger charge is -2.38. The molecular weight excluding hydrogens is 346 g/mol. The Morgan fingerprint density at radius 3 is 2.63 bits per heavy atom. The molecule has 146 valence electrons. The first kappa shape index (κ1) is 19.4. The molecule has 0 saturated carbocycles. The van der Waals surface area contributed by atoms with E-state index >= 15 is 0 Å². The van der Waals surface area contributed by atoms with E-state index < -0.39 is 6.04 Å². The van der Waals surface area contributed by atoms with E-state index in [9.17, 15) is 14.4 Å². The van der Waals surface area contributed by atoms with Crippen molar-refractivity contribution in [3.8, 4) is 0 Å². The largest absolute Gasteiger partial charge is 0.469 e. The van der Waals surface area contributed by atoms with Gasteiger partial charge in [-0.3, -0.25) is 19.3 Å². The molecule has 0 spiro atoms. The first-order chi connectivity index (χ1) is 13.1. The molecule has 1 aromatic rings.